The fraction of sp³-hybridized carbons (Fsp3) is 0.190. The van der Waals surface area contributed by atoms with Crippen molar-refractivity contribution in [3.63, 3.8) is 0 Å². The first kappa shape index (κ1) is 20.4. The summed E-state index contributed by atoms with van der Waals surface area (Å²) in [6.45, 7) is 1.83. The second-order valence-electron chi connectivity index (χ2n) is 6.89. The van der Waals surface area contributed by atoms with Gasteiger partial charge in [0.1, 0.15) is 5.69 Å². The Bertz CT molecular complexity index is 1130. The van der Waals surface area contributed by atoms with Gasteiger partial charge in [0.2, 0.25) is 0 Å². The summed E-state index contributed by atoms with van der Waals surface area (Å²) in [6, 6.07) is 5.83. The summed E-state index contributed by atoms with van der Waals surface area (Å²) < 4.78 is 14.3. The van der Waals surface area contributed by atoms with Gasteiger partial charge in [-0.25, -0.2) is 4.39 Å². The van der Waals surface area contributed by atoms with Crippen molar-refractivity contribution in [3.05, 3.63) is 75.5 Å². The number of amides is 1. The van der Waals surface area contributed by atoms with Gasteiger partial charge in [0.25, 0.3) is 5.91 Å². The summed E-state index contributed by atoms with van der Waals surface area (Å²) in [5.41, 5.74) is 1.38. The van der Waals surface area contributed by atoms with Crippen molar-refractivity contribution in [3.8, 4) is 0 Å². The highest BCUT2D eigenvalue weighted by Crippen LogP contribution is 2.29. The van der Waals surface area contributed by atoms with Crippen molar-refractivity contribution in [2.75, 3.05) is 23.3 Å². The lowest BCUT2D eigenvalue weighted by Gasteiger charge is -2.20. The fourth-order valence-corrected chi connectivity index (χ4v) is 3.83. The summed E-state index contributed by atoms with van der Waals surface area (Å²) in [6.07, 6.45) is 6.79. The minimum absolute atomic E-state index is 0.0558. The molecule has 1 amide bonds. The van der Waals surface area contributed by atoms with Gasteiger partial charge in [0.05, 0.1) is 33.2 Å². The summed E-state index contributed by atoms with van der Waals surface area (Å²) >= 11 is 11.7. The molecule has 0 aliphatic carbocycles. The van der Waals surface area contributed by atoms with Crippen LogP contribution in [-0.2, 0) is 0 Å². The van der Waals surface area contributed by atoms with Gasteiger partial charge in [0, 0.05) is 31.0 Å². The normalized spacial score (nSPS) is 13.5. The highest BCUT2D eigenvalue weighted by Gasteiger charge is 2.23. The molecule has 1 fully saturated rings. The number of ketones is 1. The van der Waals surface area contributed by atoms with E-state index in [0.29, 0.717) is 5.69 Å². The average molecular weight is 447 g/mol. The zero-order valence-corrected chi connectivity index (χ0v) is 17.2. The molecule has 0 saturated carbocycles. The Morgan fingerprint density at radius 3 is 2.63 bits per heavy atom. The smallest absolute Gasteiger partial charge is 0.272 e. The number of carbonyl (C=O) groups excluding carboxylic acids is 2. The van der Waals surface area contributed by atoms with Gasteiger partial charge in [-0.3, -0.25) is 14.6 Å². The van der Waals surface area contributed by atoms with Crippen LogP contribution in [0.2, 0.25) is 10.0 Å². The van der Waals surface area contributed by atoms with Crippen molar-refractivity contribution in [1.82, 2.24) is 9.97 Å². The SMILES string of the molecule is O=C(Nc1cnccc1N1CCCC1)c1cc(C(=O)c2c(Cl)ccc(Cl)c2F)c[nH]1. The average Bonchev–Trinajstić information content (AvgIpc) is 3.43. The number of halogens is 3. The quantitative estimate of drug-likeness (QED) is 0.429. The van der Waals surface area contributed by atoms with Crippen LogP contribution < -0.4 is 10.2 Å². The minimum Gasteiger partial charge on any atom is -0.370 e. The van der Waals surface area contributed by atoms with Gasteiger partial charge in [-0.15, -0.1) is 0 Å². The van der Waals surface area contributed by atoms with Gasteiger partial charge in [-0.2, -0.15) is 0 Å². The molecule has 4 rings (SSSR count). The maximum atomic E-state index is 14.3. The molecule has 0 spiro atoms. The monoisotopic (exact) mass is 446 g/mol. The first-order valence-electron chi connectivity index (χ1n) is 9.32. The molecule has 9 heteroatoms. The van der Waals surface area contributed by atoms with Crippen molar-refractivity contribution >= 4 is 46.3 Å². The van der Waals surface area contributed by atoms with E-state index in [0.717, 1.165) is 31.6 Å². The van der Waals surface area contributed by atoms with E-state index in [1.165, 1.54) is 24.4 Å². The number of H-pyrrole nitrogens is 1. The lowest BCUT2D eigenvalue weighted by atomic mass is 10.0. The molecule has 2 aromatic heterocycles. The van der Waals surface area contributed by atoms with Crippen LogP contribution in [0, 0.1) is 5.82 Å². The number of aromatic amines is 1. The number of anilines is 2. The van der Waals surface area contributed by atoms with E-state index >= 15 is 0 Å². The topological polar surface area (TPSA) is 78.1 Å². The molecule has 2 N–H and O–H groups in total. The van der Waals surface area contributed by atoms with Crippen LogP contribution in [-0.4, -0.2) is 34.7 Å². The van der Waals surface area contributed by atoms with Gasteiger partial charge in [0.15, 0.2) is 11.6 Å². The maximum Gasteiger partial charge on any atom is 0.272 e. The molecular formula is C21H17Cl2FN4O2. The van der Waals surface area contributed by atoms with Gasteiger partial charge >= 0.3 is 0 Å². The number of hydrogen-bond acceptors (Lipinski definition) is 4. The molecule has 0 radical (unpaired) electrons. The minimum atomic E-state index is -0.896. The molecular weight excluding hydrogens is 430 g/mol. The van der Waals surface area contributed by atoms with E-state index in [-0.39, 0.29) is 26.9 Å². The zero-order chi connectivity index (χ0) is 21.3. The molecule has 1 aromatic carbocycles. The van der Waals surface area contributed by atoms with Crippen molar-refractivity contribution in [1.29, 1.82) is 0 Å². The molecule has 3 heterocycles. The standard InChI is InChI=1S/C21H17Cl2FN4O2/c22-13-3-4-14(23)19(24)18(13)20(29)12-9-15(26-10-12)21(30)27-16-11-25-6-5-17(16)28-7-1-2-8-28/h3-6,9-11,26H,1-2,7-8H2,(H,27,30). The molecule has 154 valence electrons. The Balaban J connectivity index is 1.56. The molecule has 0 unspecified atom stereocenters. The Morgan fingerprint density at radius 2 is 1.87 bits per heavy atom. The molecule has 1 aliphatic rings. The number of benzene rings is 1. The van der Waals surface area contributed by atoms with Crippen molar-refractivity contribution in [2.45, 2.75) is 12.8 Å². The van der Waals surface area contributed by atoms with E-state index in [1.807, 2.05) is 6.07 Å². The molecule has 0 bridgehead atoms. The molecule has 0 atom stereocenters. The third kappa shape index (κ3) is 3.91. The second kappa shape index (κ2) is 8.45. The summed E-state index contributed by atoms with van der Waals surface area (Å²) in [5.74, 6) is -2.01. The molecule has 1 saturated heterocycles. The number of nitrogens with one attached hydrogen (secondary N) is 2. The molecule has 6 nitrogen and oxygen atoms in total. The van der Waals surface area contributed by atoms with Gasteiger partial charge in [-0.05, 0) is 37.1 Å². The fourth-order valence-electron chi connectivity index (χ4n) is 3.44. The van der Waals surface area contributed by atoms with E-state index in [4.69, 9.17) is 23.2 Å². The zero-order valence-electron chi connectivity index (χ0n) is 15.7. The van der Waals surface area contributed by atoms with Crippen LogP contribution in [0.5, 0.6) is 0 Å². The highest BCUT2D eigenvalue weighted by atomic mass is 35.5. The Morgan fingerprint density at radius 1 is 1.13 bits per heavy atom. The third-order valence-electron chi connectivity index (χ3n) is 4.95. The summed E-state index contributed by atoms with van der Waals surface area (Å²) in [4.78, 5) is 34.5. The van der Waals surface area contributed by atoms with E-state index in [2.05, 4.69) is 20.2 Å². The molecule has 30 heavy (non-hydrogen) atoms. The maximum absolute atomic E-state index is 14.3. The second-order valence-corrected chi connectivity index (χ2v) is 7.70. The predicted octanol–water partition coefficient (Wildman–Crippen LogP) is 4.94. The summed E-state index contributed by atoms with van der Waals surface area (Å²) in [5, 5.41) is 2.56. The van der Waals surface area contributed by atoms with Crippen LogP contribution in [0.25, 0.3) is 0 Å². The summed E-state index contributed by atoms with van der Waals surface area (Å²) in [7, 11) is 0. The van der Waals surface area contributed by atoms with E-state index in [1.54, 1.807) is 12.4 Å². The van der Waals surface area contributed by atoms with E-state index in [9.17, 15) is 14.0 Å². The largest absolute Gasteiger partial charge is 0.370 e. The first-order chi connectivity index (χ1) is 14.5. The van der Waals surface area contributed by atoms with Crippen LogP contribution in [0.1, 0.15) is 39.3 Å². The van der Waals surface area contributed by atoms with Crippen LogP contribution >= 0.6 is 23.2 Å². The van der Waals surface area contributed by atoms with Crippen LogP contribution in [0.3, 0.4) is 0 Å². The van der Waals surface area contributed by atoms with E-state index < -0.39 is 17.5 Å². The molecule has 3 aromatic rings. The van der Waals surface area contributed by atoms with Crippen LogP contribution in [0.15, 0.2) is 42.9 Å². The Labute approximate surface area is 182 Å². The number of hydrogen-bond donors (Lipinski definition) is 2. The van der Waals surface area contributed by atoms with Crippen LogP contribution in [0.4, 0.5) is 15.8 Å². The number of rotatable bonds is 5. The lowest BCUT2D eigenvalue weighted by Crippen LogP contribution is -2.21. The number of carbonyl (C=O) groups is 2. The third-order valence-corrected chi connectivity index (χ3v) is 5.56. The number of pyridine rings is 1. The number of aromatic nitrogens is 2. The Hall–Kier alpha value is -2.90. The predicted molar refractivity (Wildman–Crippen MR) is 114 cm³/mol. The lowest BCUT2D eigenvalue weighted by molar-refractivity contribution is 0.102. The van der Waals surface area contributed by atoms with Crippen molar-refractivity contribution < 1.29 is 14.0 Å². The first-order valence-corrected chi connectivity index (χ1v) is 10.1. The van der Waals surface area contributed by atoms with Gasteiger partial charge < -0.3 is 15.2 Å². The van der Waals surface area contributed by atoms with Gasteiger partial charge in [-0.1, -0.05) is 23.2 Å². The van der Waals surface area contributed by atoms with Crippen molar-refractivity contribution in [2.24, 2.45) is 0 Å². The Kier molecular flexibility index (Phi) is 5.74. The number of nitrogens with zero attached hydrogens (tertiary/aromatic N) is 2. The molecule has 1 aliphatic heterocycles. The highest BCUT2D eigenvalue weighted by molar-refractivity contribution is 6.37.